The molecule has 27 heavy (non-hydrogen) atoms. The predicted molar refractivity (Wildman–Crippen MR) is 100 cm³/mol. The Labute approximate surface area is 157 Å². The Morgan fingerprint density at radius 2 is 1.89 bits per heavy atom. The van der Waals surface area contributed by atoms with Crippen molar-refractivity contribution in [2.24, 2.45) is 5.92 Å². The number of nitrogens with one attached hydrogen (secondary N) is 2. The van der Waals surface area contributed by atoms with Gasteiger partial charge in [0.05, 0.1) is 11.5 Å². The minimum Gasteiger partial charge on any atom is -0.466 e. The van der Waals surface area contributed by atoms with Gasteiger partial charge in [0.1, 0.15) is 11.5 Å². The zero-order valence-electron chi connectivity index (χ0n) is 15.7. The van der Waals surface area contributed by atoms with E-state index in [4.69, 9.17) is 4.42 Å². The third-order valence-corrected chi connectivity index (χ3v) is 4.74. The number of hydrogen-bond donors (Lipinski definition) is 2. The number of carbonyl (C=O) groups is 3. The maximum absolute atomic E-state index is 12.4. The molecule has 7 heteroatoms. The van der Waals surface area contributed by atoms with Crippen molar-refractivity contribution in [3.8, 4) is 0 Å². The van der Waals surface area contributed by atoms with Gasteiger partial charge in [0, 0.05) is 18.7 Å². The average Bonchev–Trinajstić information content (AvgIpc) is 3.21. The summed E-state index contributed by atoms with van der Waals surface area (Å²) in [6, 6.07) is 9.35. The van der Waals surface area contributed by atoms with Gasteiger partial charge in [-0.25, -0.2) is 0 Å². The molecule has 0 unspecified atom stereocenters. The smallest absolute Gasteiger partial charge is 0.273 e. The van der Waals surface area contributed by atoms with Gasteiger partial charge in [-0.2, -0.15) is 0 Å². The Balaban J connectivity index is 1.58. The monoisotopic (exact) mass is 369 g/mol. The number of hydrogen-bond acceptors (Lipinski definition) is 4. The van der Waals surface area contributed by atoms with Crippen molar-refractivity contribution in [1.82, 2.24) is 10.9 Å². The number of aryl methyl sites for hydroxylation is 3. The number of rotatable bonds is 4. The number of amides is 3. The Morgan fingerprint density at radius 3 is 2.48 bits per heavy atom. The highest BCUT2D eigenvalue weighted by molar-refractivity contribution is 6.01. The summed E-state index contributed by atoms with van der Waals surface area (Å²) in [5.74, 6) is -0.355. The van der Waals surface area contributed by atoms with E-state index in [-0.39, 0.29) is 24.8 Å². The van der Waals surface area contributed by atoms with E-state index in [2.05, 4.69) is 17.8 Å². The van der Waals surface area contributed by atoms with Gasteiger partial charge >= 0.3 is 0 Å². The molecule has 1 aliphatic rings. The molecule has 2 N–H and O–H groups in total. The van der Waals surface area contributed by atoms with Crippen LogP contribution in [0, 0.1) is 19.8 Å². The summed E-state index contributed by atoms with van der Waals surface area (Å²) in [7, 11) is 0. The summed E-state index contributed by atoms with van der Waals surface area (Å²) in [5, 5.41) is 0. The van der Waals surface area contributed by atoms with E-state index in [0.717, 1.165) is 12.1 Å². The largest absolute Gasteiger partial charge is 0.466 e. The lowest BCUT2D eigenvalue weighted by molar-refractivity contribution is -0.126. The van der Waals surface area contributed by atoms with Crippen LogP contribution in [0.1, 0.15) is 40.8 Å². The number of benzene rings is 1. The molecule has 0 aliphatic carbocycles. The fourth-order valence-corrected chi connectivity index (χ4v) is 3.19. The highest BCUT2D eigenvalue weighted by Gasteiger charge is 2.35. The molecule has 1 fully saturated rings. The third-order valence-electron chi connectivity index (χ3n) is 4.74. The van der Waals surface area contributed by atoms with E-state index in [1.165, 1.54) is 5.56 Å². The topological polar surface area (TPSA) is 91.7 Å². The molecule has 1 saturated heterocycles. The zero-order valence-corrected chi connectivity index (χ0v) is 15.7. The second kappa shape index (κ2) is 7.65. The maximum atomic E-state index is 12.4. The maximum Gasteiger partial charge on any atom is 0.273 e. The first kappa shape index (κ1) is 18.7. The molecule has 0 radical (unpaired) electrons. The highest BCUT2D eigenvalue weighted by Crippen LogP contribution is 2.25. The zero-order chi connectivity index (χ0) is 19.6. The molecule has 0 saturated carbocycles. The van der Waals surface area contributed by atoms with Gasteiger partial charge in [0.2, 0.25) is 11.8 Å². The van der Waals surface area contributed by atoms with Crippen molar-refractivity contribution in [3.05, 3.63) is 53.0 Å². The van der Waals surface area contributed by atoms with Crippen LogP contribution < -0.4 is 15.8 Å². The highest BCUT2D eigenvalue weighted by atomic mass is 16.3. The lowest BCUT2D eigenvalue weighted by Crippen LogP contribution is -2.45. The first-order chi connectivity index (χ1) is 12.9. The molecule has 2 aromatic rings. The van der Waals surface area contributed by atoms with Crippen LogP contribution in [0.5, 0.6) is 0 Å². The average molecular weight is 369 g/mol. The fraction of sp³-hybridized carbons (Fsp3) is 0.350. The van der Waals surface area contributed by atoms with Crippen LogP contribution in [0.25, 0.3) is 0 Å². The molecule has 7 nitrogen and oxygen atoms in total. The minimum atomic E-state index is -0.518. The van der Waals surface area contributed by atoms with E-state index in [1.807, 2.05) is 24.3 Å². The number of carbonyl (C=O) groups excluding carboxylic acids is 3. The van der Waals surface area contributed by atoms with Gasteiger partial charge in [-0.3, -0.25) is 25.2 Å². The van der Waals surface area contributed by atoms with Crippen LogP contribution >= 0.6 is 0 Å². The molecule has 142 valence electrons. The van der Waals surface area contributed by atoms with Gasteiger partial charge in [-0.15, -0.1) is 0 Å². The van der Waals surface area contributed by atoms with Crippen molar-refractivity contribution in [1.29, 1.82) is 0 Å². The third kappa shape index (κ3) is 4.02. The second-order valence-corrected chi connectivity index (χ2v) is 6.70. The van der Waals surface area contributed by atoms with Crippen LogP contribution in [-0.4, -0.2) is 24.3 Å². The summed E-state index contributed by atoms with van der Waals surface area (Å²) >= 11 is 0. The van der Waals surface area contributed by atoms with Crippen molar-refractivity contribution < 1.29 is 18.8 Å². The van der Waals surface area contributed by atoms with E-state index in [1.54, 1.807) is 24.8 Å². The lowest BCUT2D eigenvalue weighted by Gasteiger charge is -2.17. The molecule has 2 heterocycles. The van der Waals surface area contributed by atoms with Crippen LogP contribution in [-0.2, 0) is 16.0 Å². The molecule has 1 aromatic carbocycles. The van der Waals surface area contributed by atoms with Crippen molar-refractivity contribution in [3.63, 3.8) is 0 Å². The molecule has 1 aliphatic heterocycles. The fourth-order valence-electron chi connectivity index (χ4n) is 3.19. The molecule has 1 aromatic heterocycles. The molecule has 0 bridgehead atoms. The summed E-state index contributed by atoms with van der Waals surface area (Å²) < 4.78 is 5.31. The first-order valence-electron chi connectivity index (χ1n) is 8.95. The van der Waals surface area contributed by atoms with Gasteiger partial charge < -0.3 is 9.32 Å². The van der Waals surface area contributed by atoms with Crippen LogP contribution in [0.15, 0.2) is 34.7 Å². The van der Waals surface area contributed by atoms with Gasteiger partial charge in [-0.1, -0.05) is 19.1 Å². The Kier molecular flexibility index (Phi) is 5.30. The Morgan fingerprint density at radius 1 is 1.19 bits per heavy atom. The molecule has 1 atom stereocenters. The number of furan rings is 1. The van der Waals surface area contributed by atoms with Crippen molar-refractivity contribution in [2.45, 2.75) is 33.6 Å². The van der Waals surface area contributed by atoms with E-state index < -0.39 is 11.8 Å². The van der Waals surface area contributed by atoms with E-state index in [0.29, 0.717) is 17.1 Å². The Hall–Kier alpha value is -3.09. The molecule has 3 amide bonds. The van der Waals surface area contributed by atoms with Crippen LogP contribution in [0.2, 0.25) is 0 Å². The summed E-state index contributed by atoms with van der Waals surface area (Å²) in [6.45, 7) is 5.78. The van der Waals surface area contributed by atoms with Crippen LogP contribution in [0.4, 0.5) is 5.69 Å². The van der Waals surface area contributed by atoms with Gasteiger partial charge in [0.25, 0.3) is 5.91 Å². The van der Waals surface area contributed by atoms with Crippen LogP contribution in [0.3, 0.4) is 0 Å². The predicted octanol–water partition coefficient (Wildman–Crippen LogP) is 2.27. The molecule has 0 spiro atoms. The number of anilines is 1. The van der Waals surface area contributed by atoms with Gasteiger partial charge in [0.15, 0.2) is 0 Å². The lowest BCUT2D eigenvalue weighted by atomic mass is 10.1. The summed E-state index contributed by atoms with van der Waals surface area (Å²) in [5.41, 5.74) is 7.13. The Bertz CT molecular complexity index is 870. The standard InChI is InChI=1S/C20H23N3O4/c1-4-14-5-7-16(8-6-14)23-11-15(10-18(23)24)19(25)21-22-20(26)17-9-12(2)27-13(17)3/h5-9,15H,4,10-11H2,1-3H3,(H,21,25)(H,22,26)/t15-/m0/s1. The molecular formula is C20H23N3O4. The summed E-state index contributed by atoms with van der Waals surface area (Å²) in [4.78, 5) is 38.4. The van der Waals surface area contributed by atoms with Crippen molar-refractivity contribution >= 4 is 23.4 Å². The summed E-state index contributed by atoms with van der Waals surface area (Å²) in [6.07, 6.45) is 1.04. The molecular weight excluding hydrogens is 346 g/mol. The quantitative estimate of drug-likeness (QED) is 0.809. The van der Waals surface area contributed by atoms with Crippen molar-refractivity contribution in [2.75, 3.05) is 11.4 Å². The SMILES string of the molecule is CCc1ccc(N2C[C@@H](C(=O)NNC(=O)c3cc(C)oc3C)CC2=O)cc1. The minimum absolute atomic E-state index is 0.105. The normalized spacial score (nSPS) is 16.5. The number of hydrazine groups is 1. The van der Waals surface area contributed by atoms with E-state index in [9.17, 15) is 14.4 Å². The molecule has 3 rings (SSSR count). The number of nitrogens with zero attached hydrogens (tertiary/aromatic N) is 1. The second-order valence-electron chi connectivity index (χ2n) is 6.70. The van der Waals surface area contributed by atoms with Gasteiger partial charge in [-0.05, 0) is 44.0 Å². The first-order valence-corrected chi connectivity index (χ1v) is 8.95. The van der Waals surface area contributed by atoms with E-state index >= 15 is 0 Å².